The molecule has 3 rings (SSSR count). The minimum Gasteiger partial charge on any atom is -0.354 e. The molecule has 0 unspecified atom stereocenters. The summed E-state index contributed by atoms with van der Waals surface area (Å²) in [6.07, 6.45) is 0. The molecule has 3 N–H and O–H groups in total. The lowest BCUT2D eigenvalue weighted by Gasteiger charge is -2.13. The van der Waals surface area contributed by atoms with Crippen LogP contribution < -0.4 is 10.5 Å². The highest BCUT2D eigenvalue weighted by Crippen LogP contribution is 2.31. The Morgan fingerprint density at radius 3 is 2.19 bits per heavy atom. The number of sulfonamides is 1. The Balaban J connectivity index is 2.23. The molecule has 5 heteroatoms. The van der Waals surface area contributed by atoms with Crippen LogP contribution in [0.4, 0.5) is 11.4 Å². The van der Waals surface area contributed by atoms with Gasteiger partial charge in [-0.3, -0.25) is 0 Å². The first-order valence-corrected chi connectivity index (χ1v) is 7.97. The summed E-state index contributed by atoms with van der Waals surface area (Å²) in [6, 6.07) is 20.2. The number of benzene rings is 3. The second kappa shape index (κ2) is 5.20. The third-order valence-corrected chi connectivity index (χ3v) is 4.23. The fourth-order valence-electron chi connectivity index (χ4n) is 2.32. The molecule has 21 heavy (non-hydrogen) atoms. The first-order chi connectivity index (χ1) is 10.1. The van der Waals surface area contributed by atoms with Crippen LogP contribution in [0, 0.1) is 0 Å². The van der Waals surface area contributed by atoms with Gasteiger partial charge in [0.25, 0.3) is 0 Å². The monoisotopic (exact) mass is 298 g/mol. The average Bonchev–Trinajstić information content (AvgIpc) is 2.47. The maximum absolute atomic E-state index is 12.0. The van der Waals surface area contributed by atoms with Crippen LogP contribution >= 0.6 is 0 Å². The van der Waals surface area contributed by atoms with Crippen molar-refractivity contribution < 1.29 is 8.42 Å². The molecule has 0 aliphatic carbocycles. The van der Waals surface area contributed by atoms with Gasteiger partial charge in [0, 0.05) is 11.1 Å². The quantitative estimate of drug-likeness (QED) is 0.779. The van der Waals surface area contributed by atoms with E-state index in [2.05, 4.69) is 5.32 Å². The maximum Gasteiger partial charge on any atom is 0.240 e. The predicted molar refractivity (Wildman–Crippen MR) is 85.0 cm³/mol. The molecule has 0 aromatic heterocycles. The van der Waals surface area contributed by atoms with Crippen LogP contribution in [0.5, 0.6) is 0 Å². The van der Waals surface area contributed by atoms with Crippen molar-refractivity contribution in [2.45, 2.75) is 4.90 Å². The lowest BCUT2D eigenvalue weighted by atomic mass is 10.1. The van der Waals surface area contributed by atoms with E-state index in [9.17, 15) is 8.42 Å². The minimum absolute atomic E-state index is 0.115. The normalized spacial score (nSPS) is 11.5. The molecule has 0 heterocycles. The zero-order valence-corrected chi connectivity index (χ0v) is 12.0. The standard InChI is InChI=1S/C16H14N2O2S/c17-21(19,20)16-14-9-5-4-6-12(14)10-11-15(16)18-13-7-2-1-3-8-13/h1-11,18H,(H2,17,19,20). The molecule has 106 valence electrons. The molecule has 0 radical (unpaired) electrons. The second-order valence-electron chi connectivity index (χ2n) is 4.70. The lowest BCUT2D eigenvalue weighted by Crippen LogP contribution is -2.14. The Labute approximate surface area is 123 Å². The number of hydrogen-bond acceptors (Lipinski definition) is 3. The van der Waals surface area contributed by atoms with E-state index in [4.69, 9.17) is 5.14 Å². The Hall–Kier alpha value is -2.37. The highest BCUT2D eigenvalue weighted by atomic mass is 32.2. The number of fused-ring (bicyclic) bond motifs is 1. The zero-order chi connectivity index (χ0) is 14.9. The lowest BCUT2D eigenvalue weighted by molar-refractivity contribution is 0.599. The van der Waals surface area contributed by atoms with Gasteiger partial charge < -0.3 is 5.32 Å². The van der Waals surface area contributed by atoms with Crippen molar-refractivity contribution in [2.24, 2.45) is 5.14 Å². The number of nitrogens with one attached hydrogen (secondary N) is 1. The van der Waals surface area contributed by atoms with Gasteiger partial charge in [-0.05, 0) is 23.6 Å². The number of nitrogens with two attached hydrogens (primary N) is 1. The number of anilines is 2. The van der Waals surface area contributed by atoms with E-state index in [1.807, 2.05) is 48.5 Å². The number of primary sulfonamides is 1. The summed E-state index contributed by atoms with van der Waals surface area (Å²) >= 11 is 0. The molecule has 0 fully saturated rings. The van der Waals surface area contributed by atoms with E-state index in [0.717, 1.165) is 11.1 Å². The summed E-state index contributed by atoms with van der Waals surface area (Å²) in [6.45, 7) is 0. The minimum atomic E-state index is -3.84. The van der Waals surface area contributed by atoms with E-state index >= 15 is 0 Å². The van der Waals surface area contributed by atoms with Crippen molar-refractivity contribution in [3.05, 3.63) is 66.7 Å². The summed E-state index contributed by atoms with van der Waals surface area (Å²) in [5.74, 6) is 0. The van der Waals surface area contributed by atoms with E-state index in [1.165, 1.54) is 0 Å². The molecule has 0 spiro atoms. The van der Waals surface area contributed by atoms with Gasteiger partial charge in [-0.15, -0.1) is 0 Å². The molecule has 0 amide bonds. The molecular weight excluding hydrogens is 284 g/mol. The highest BCUT2D eigenvalue weighted by molar-refractivity contribution is 7.89. The van der Waals surface area contributed by atoms with E-state index in [-0.39, 0.29) is 4.90 Å². The Morgan fingerprint density at radius 1 is 0.810 bits per heavy atom. The molecule has 0 aliphatic heterocycles. The van der Waals surface area contributed by atoms with Crippen LogP contribution in [-0.2, 0) is 10.0 Å². The molecule has 0 saturated carbocycles. The van der Waals surface area contributed by atoms with Gasteiger partial charge in [0.15, 0.2) is 0 Å². The van der Waals surface area contributed by atoms with Crippen molar-refractivity contribution in [2.75, 3.05) is 5.32 Å². The second-order valence-corrected chi connectivity index (χ2v) is 6.20. The fraction of sp³-hybridized carbons (Fsp3) is 0. The molecular formula is C16H14N2O2S. The summed E-state index contributed by atoms with van der Waals surface area (Å²) in [5, 5.41) is 9.97. The van der Waals surface area contributed by atoms with Crippen molar-refractivity contribution in [3.8, 4) is 0 Å². The van der Waals surface area contributed by atoms with Gasteiger partial charge >= 0.3 is 0 Å². The smallest absolute Gasteiger partial charge is 0.240 e. The van der Waals surface area contributed by atoms with Crippen LogP contribution in [0.3, 0.4) is 0 Å². The largest absolute Gasteiger partial charge is 0.354 e. The van der Waals surface area contributed by atoms with Crippen LogP contribution in [0.2, 0.25) is 0 Å². The van der Waals surface area contributed by atoms with Gasteiger partial charge in [0.1, 0.15) is 4.90 Å². The average molecular weight is 298 g/mol. The third-order valence-electron chi connectivity index (χ3n) is 3.22. The molecule has 4 nitrogen and oxygen atoms in total. The number of para-hydroxylation sites is 1. The fourth-order valence-corrected chi connectivity index (χ4v) is 3.24. The first kappa shape index (κ1) is 13.6. The van der Waals surface area contributed by atoms with E-state index in [0.29, 0.717) is 11.1 Å². The number of rotatable bonds is 3. The third kappa shape index (κ3) is 2.74. The Bertz CT molecular complexity index is 891. The SMILES string of the molecule is NS(=O)(=O)c1c(Nc2ccccc2)ccc2ccccc12. The van der Waals surface area contributed by atoms with Crippen LogP contribution in [0.25, 0.3) is 10.8 Å². The van der Waals surface area contributed by atoms with Crippen molar-refractivity contribution >= 4 is 32.2 Å². The molecule has 3 aromatic carbocycles. The van der Waals surface area contributed by atoms with Crippen LogP contribution in [0.1, 0.15) is 0 Å². The van der Waals surface area contributed by atoms with Crippen LogP contribution in [-0.4, -0.2) is 8.42 Å². The maximum atomic E-state index is 12.0. The number of hydrogen-bond donors (Lipinski definition) is 2. The highest BCUT2D eigenvalue weighted by Gasteiger charge is 2.18. The predicted octanol–water partition coefficient (Wildman–Crippen LogP) is 3.23. The Morgan fingerprint density at radius 2 is 1.48 bits per heavy atom. The van der Waals surface area contributed by atoms with Gasteiger partial charge in [0.2, 0.25) is 10.0 Å². The van der Waals surface area contributed by atoms with Crippen LogP contribution in [0.15, 0.2) is 71.6 Å². The molecule has 0 saturated heterocycles. The molecule has 0 atom stereocenters. The summed E-state index contributed by atoms with van der Waals surface area (Å²) in [5.41, 5.74) is 1.28. The Kier molecular flexibility index (Phi) is 3.37. The van der Waals surface area contributed by atoms with Gasteiger partial charge in [-0.1, -0.05) is 48.5 Å². The summed E-state index contributed by atoms with van der Waals surface area (Å²) < 4.78 is 24.0. The first-order valence-electron chi connectivity index (χ1n) is 6.42. The zero-order valence-electron chi connectivity index (χ0n) is 11.2. The van der Waals surface area contributed by atoms with Gasteiger partial charge in [0.05, 0.1) is 5.69 Å². The molecule has 3 aromatic rings. The van der Waals surface area contributed by atoms with E-state index < -0.39 is 10.0 Å². The molecule has 0 bridgehead atoms. The van der Waals surface area contributed by atoms with E-state index in [1.54, 1.807) is 18.2 Å². The topological polar surface area (TPSA) is 72.2 Å². The van der Waals surface area contributed by atoms with Crippen molar-refractivity contribution in [1.82, 2.24) is 0 Å². The van der Waals surface area contributed by atoms with Gasteiger partial charge in [-0.2, -0.15) is 0 Å². The van der Waals surface area contributed by atoms with Crippen molar-refractivity contribution in [1.29, 1.82) is 0 Å². The van der Waals surface area contributed by atoms with Crippen molar-refractivity contribution in [3.63, 3.8) is 0 Å². The summed E-state index contributed by atoms with van der Waals surface area (Å²) in [4.78, 5) is 0.115. The van der Waals surface area contributed by atoms with Gasteiger partial charge in [-0.25, -0.2) is 13.6 Å². The molecule has 0 aliphatic rings. The summed E-state index contributed by atoms with van der Waals surface area (Å²) in [7, 11) is -3.84.